The Kier molecular flexibility index (Phi) is 7.14. The highest BCUT2D eigenvalue weighted by atomic mass is 35.5. The first-order chi connectivity index (χ1) is 16.3. The first-order valence-corrected chi connectivity index (χ1v) is 11.1. The Hall–Kier alpha value is -3.43. The Bertz CT molecular complexity index is 1190. The van der Waals surface area contributed by atoms with Gasteiger partial charge in [0.1, 0.15) is 23.9 Å². The average Bonchev–Trinajstić information content (AvgIpc) is 3.29. The molecular formula is C24H23ClFN3O5. The van der Waals surface area contributed by atoms with Crippen LogP contribution in [-0.4, -0.2) is 46.8 Å². The molecule has 0 aliphatic carbocycles. The quantitative estimate of drug-likeness (QED) is 0.350. The number of aryl methyl sites for hydroxylation is 1. The van der Waals surface area contributed by atoms with Crippen molar-refractivity contribution in [2.75, 3.05) is 26.2 Å². The number of halogens is 2. The van der Waals surface area contributed by atoms with Crippen LogP contribution in [0, 0.1) is 22.9 Å². The third-order valence-corrected chi connectivity index (χ3v) is 6.08. The Morgan fingerprint density at radius 2 is 1.94 bits per heavy atom. The van der Waals surface area contributed by atoms with Crippen LogP contribution in [0.3, 0.4) is 0 Å². The van der Waals surface area contributed by atoms with Crippen LogP contribution >= 0.6 is 11.6 Å². The van der Waals surface area contributed by atoms with Crippen molar-refractivity contribution in [3.05, 3.63) is 92.1 Å². The Labute approximate surface area is 200 Å². The highest BCUT2D eigenvalue weighted by Gasteiger charge is 2.25. The second-order valence-electron chi connectivity index (χ2n) is 8.03. The number of benzene rings is 2. The fourth-order valence-electron chi connectivity index (χ4n) is 3.82. The van der Waals surface area contributed by atoms with Gasteiger partial charge in [-0.3, -0.25) is 19.8 Å². The molecule has 1 aliphatic rings. The molecule has 2 heterocycles. The van der Waals surface area contributed by atoms with Gasteiger partial charge in [0.15, 0.2) is 5.76 Å². The molecule has 4 rings (SSSR count). The first-order valence-electron chi connectivity index (χ1n) is 10.7. The van der Waals surface area contributed by atoms with Crippen molar-refractivity contribution in [3.63, 3.8) is 0 Å². The van der Waals surface area contributed by atoms with Crippen LogP contribution in [-0.2, 0) is 13.2 Å². The van der Waals surface area contributed by atoms with Gasteiger partial charge in [-0.05, 0) is 43.3 Å². The number of carbonyl (C=O) groups excluding carboxylic acids is 1. The van der Waals surface area contributed by atoms with Gasteiger partial charge in [0.25, 0.3) is 11.6 Å². The van der Waals surface area contributed by atoms with E-state index in [4.69, 9.17) is 20.8 Å². The first kappa shape index (κ1) is 23.7. The van der Waals surface area contributed by atoms with Gasteiger partial charge in [0, 0.05) is 54.9 Å². The molecule has 1 aromatic heterocycles. The lowest BCUT2D eigenvalue weighted by Gasteiger charge is -2.34. The zero-order valence-corrected chi connectivity index (χ0v) is 19.3. The van der Waals surface area contributed by atoms with Crippen LogP contribution < -0.4 is 4.74 Å². The predicted molar refractivity (Wildman–Crippen MR) is 123 cm³/mol. The minimum Gasteiger partial charge on any atom is -0.486 e. The maximum Gasteiger partial charge on any atom is 0.289 e. The van der Waals surface area contributed by atoms with E-state index in [1.807, 2.05) is 0 Å². The molecular weight excluding hydrogens is 465 g/mol. The molecule has 1 aliphatic heterocycles. The molecule has 0 bridgehead atoms. The summed E-state index contributed by atoms with van der Waals surface area (Å²) in [5.74, 6) is 0.593. The summed E-state index contributed by atoms with van der Waals surface area (Å²) in [5, 5.41) is 11.3. The van der Waals surface area contributed by atoms with E-state index in [1.54, 1.807) is 42.2 Å². The van der Waals surface area contributed by atoms with Gasteiger partial charge >= 0.3 is 0 Å². The lowest BCUT2D eigenvalue weighted by atomic mass is 10.1. The van der Waals surface area contributed by atoms with Crippen LogP contribution in [0.4, 0.5) is 10.1 Å². The van der Waals surface area contributed by atoms with Crippen molar-refractivity contribution < 1.29 is 23.3 Å². The number of rotatable bonds is 7. The Balaban J connectivity index is 1.30. The number of nitrogens with zero attached hydrogens (tertiary/aromatic N) is 3. The van der Waals surface area contributed by atoms with Gasteiger partial charge < -0.3 is 14.1 Å². The van der Waals surface area contributed by atoms with E-state index in [1.165, 1.54) is 18.2 Å². The summed E-state index contributed by atoms with van der Waals surface area (Å²) in [7, 11) is 0. The standard InChI is InChI=1S/C24H23ClFN3O5/c1-16-13-17(5-7-22(16)29(31)32)33-15-18-6-8-23(34-18)24(30)28-11-9-27(10-12-28)14-19-20(25)3-2-4-21(19)26/h2-8,13H,9-12,14-15H2,1H3. The van der Waals surface area contributed by atoms with E-state index in [0.29, 0.717) is 60.4 Å². The molecule has 0 N–H and O–H groups in total. The maximum atomic E-state index is 14.0. The summed E-state index contributed by atoms with van der Waals surface area (Å²) in [6, 6.07) is 12.4. The van der Waals surface area contributed by atoms with Crippen LogP contribution in [0.1, 0.15) is 27.4 Å². The summed E-state index contributed by atoms with van der Waals surface area (Å²) < 4.78 is 25.4. The monoisotopic (exact) mass is 487 g/mol. The Morgan fingerprint density at radius 1 is 1.18 bits per heavy atom. The van der Waals surface area contributed by atoms with E-state index in [2.05, 4.69) is 4.90 Å². The van der Waals surface area contributed by atoms with E-state index in [0.717, 1.165) is 0 Å². The number of furan rings is 1. The lowest BCUT2D eigenvalue weighted by Crippen LogP contribution is -2.48. The SMILES string of the molecule is Cc1cc(OCc2ccc(C(=O)N3CCN(Cc4c(F)cccc4Cl)CC3)o2)ccc1[N+](=O)[O-]. The number of nitro benzene ring substituents is 1. The van der Waals surface area contributed by atoms with E-state index >= 15 is 0 Å². The van der Waals surface area contributed by atoms with Gasteiger partial charge in [-0.15, -0.1) is 0 Å². The molecule has 8 nitrogen and oxygen atoms in total. The number of nitro groups is 1. The van der Waals surface area contributed by atoms with Gasteiger partial charge in [-0.25, -0.2) is 4.39 Å². The maximum absolute atomic E-state index is 14.0. The molecule has 34 heavy (non-hydrogen) atoms. The van der Waals surface area contributed by atoms with Crippen molar-refractivity contribution in [3.8, 4) is 5.75 Å². The summed E-state index contributed by atoms with van der Waals surface area (Å²) in [5.41, 5.74) is 0.979. The second-order valence-corrected chi connectivity index (χ2v) is 8.44. The fraction of sp³-hybridized carbons (Fsp3) is 0.292. The number of ether oxygens (including phenoxy) is 1. The van der Waals surface area contributed by atoms with Gasteiger partial charge in [0.2, 0.25) is 0 Å². The summed E-state index contributed by atoms with van der Waals surface area (Å²) in [4.78, 5) is 27.1. The van der Waals surface area contributed by atoms with Crippen molar-refractivity contribution in [2.24, 2.45) is 0 Å². The average molecular weight is 488 g/mol. The van der Waals surface area contributed by atoms with E-state index in [-0.39, 0.29) is 29.8 Å². The number of piperazine rings is 1. The third-order valence-electron chi connectivity index (χ3n) is 5.72. The number of carbonyl (C=O) groups is 1. The molecule has 0 saturated carbocycles. The van der Waals surface area contributed by atoms with Crippen LogP contribution in [0.15, 0.2) is 52.9 Å². The van der Waals surface area contributed by atoms with Crippen LogP contribution in [0.5, 0.6) is 5.75 Å². The van der Waals surface area contributed by atoms with Gasteiger partial charge in [-0.2, -0.15) is 0 Å². The van der Waals surface area contributed by atoms with Crippen molar-refractivity contribution in [2.45, 2.75) is 20.1 Å². The zero-order valence-electron chi connectivity index (χ0n) is 18.5. The largest absolute Gasteiger partial charge is 0.486 e. The van der Waals surface area contributed by atoms with Gasteiger partial charge in [0.05, 0.1) is 4.92 Å². The topological polar surface area (TPSA) is 89.1 Å². The minimum atomic E-state index is -0.446. The zero-order chi connectivity index (χ0) is 24.2. The molecule has 178 valence electrons. The normalized spacial score (nSPS) is 14.3. The molecule has 2 aromatic carbocycles. The predicted octanol–water partition coefficient (Wildman–Crippen LogP) is 4.83. The number of hydrogen-bond acceptors (Lipinski definition) is 6. The Morgan fingerprint density at radius 3 is 2.62 bits per heavy atom. The van der Waals surface area contributed by atoms with Gasteiger partial charge in [-0.1, -0.05) is 17.7 Å². The lowest BCUT2D eigenvalue weighted by molar-refractivity contribution is -0.385. The minimum absolute atomic E-state index is 0.0235. The van der Waals surface area contributed by atoms with Crippen molar-refractivity contribution in [1.29, 1.82) is 0 Å². The molecule has 0 unspecified atom stereocenters. The molecule has 1 amide bonds. The van der Waals surface area contributed by atoms with Crippen LogP contribution in [0.25, 0.3) is 0 Å². The molecule has 0 spiro atoms. The van der Waals surface area contributed by atoms with Crippen molar-refractivity contribution in [1.82, 2.24) is 9.80 Å². The van der Waals surface area contributed by atoms with Crippen molar-refractivity contribution >= 4 is 23.2 Å². The molecule has 0 atom stereocenters. The molecule has 1 fully saturated rings. The molecule has 0 radical (unpaired) electrons. The highest BCUT2D eigenvalue weighted by Crippen LogP contribution is 2.25. The van der Waals surface area contributed by atoms with Crippen LogP contribution in [0.2, 0.25) is 5.02 Å². The summed E-state index contributed by atoms with van der Waals surface area (Å²) in [6.45, 7) is 4.26. The molecule has 3 aromatic rings. The third kappa shape index (κ3) is 5.37. The fourth-order valence-corrected chi connectivity index (χ4v) is 4.04. The van der Waals surface area contributed by atoms with E-state index < -0.39 is 4.92 Å². The highest BCUT2D eigenvalue weighted by molar-refractivity contribution is 6.31. The van der Waals surface area contributed by atoms with E-state index in [9.17, 15) is 19.3 Å². The molecule has 10 heteroatoms. The smallest absolute Gasteiger partial charge is 0.289 e. The number of amides is 1. The second kappa shape index (κ2) is 10.2. The summed E-state index contributed by atoms with van der Waals surface area (Å²) in [6.07, 6.45) is 0. The summed E-state index contributed by atoms with van der Waals surface area (Å²) >= 11 is 6.12. The number of hydrogen-bond donors (Lipinski definition) is 0. The molecule has 1 saturated heterocycles.